The van der Waals surface area contributed by atoms with Crippen molar-refractivity contribution >= 4 is 11.8 Å². The molecule has 0 aromatic heterocycles. The van der Waals surface area contributed by atoms with Crippen LogP contribution in [0.4, 0.5) is 4.39 Å². The third-order valence-corrected chi connectivity index (χ3v) is 5.28. The van der Waals surface area contributed by atoms with Gasteiger partial charge in [0.1, 0.15) is 0 Å². The smallest absolute Gasteiger partial charge is 0.260 e. The Morgan fingerprint density at radius 1 is 1.15 bits per heavy atom. The molecule has 3 rings (SSSR count). The van der Waals surface area contributed by atoms with Crippen LogP contribution in [0.25, 0.3) is 0 Å². The number of piperidine rings is 1. The standard InChI is InChI=1S/C20H28FN3O3/c21-17-6-2-3-7-18(17)27-15-19(25)24-12-8-16(14-24)20(26)22-9-13-23-10-4-1-5-11-23/h2-3,6-7,16H,1,4-5,8-15H2,(H,22,26)/t16-/m0/s1. The number of ether oxygens (including phenoxy) is 1. The van der Waals surface area contributed by atoms with Crippen LogP contribution in [0.5, 0.6) is 5.75 Å². The number of amides is 2. The fourth-order valence-electron chi connectivity index (χ4n) is 3.66. The minimum atomic E-state index is -0.488. The number of para-hydroxylation sites is 1. The first-order valence-electron chi connectivity index (χ1n) is 9.78. The lowest BCUT2D eigenvalue weighted by Gasteiger charge is -2.26. The molecule has 7 heteroatoms. The van der Waals surface area contributed by atoms with E-state index < -0.39 is 5.82 Å². The van der Waals surface area contributed by atoms with Crippen LogP contribution < -0.4 is 10.1 Å². The van der Waals surface area contributed by atoms with Crippen molar-refractivity contribution in [3.63, 3.8) is 0 Å². The lowest BCUT2D eigenvalue weighted by Crippen LogP contribution is -2.40. The Balaban J connectivity index is 1.36. The van der Waals surface area contributed by atoms with E-state index in [1.54, 1.807) is 17.0 Å². The minimum Gasteiger partial charge on any atom is -0.481 e. The van der Waals surface area contributed by atoms with Crippen LogP contribution in [0.3, 0.4) is 0 Å². The molecule has 0 saturated carbocycles. The minimum absolute atomic E-state index is 0.0114. The lowest BCUT2D eigenvalue weighted by atomic mass is 10.1. The quantitative estimate of drug-likeness (QED) is 0.785. The van der Waals surface area contributed by atoms with Gasteiger partial charge in [-0.1, -0.05) is 18.6 Å². The highest BCUT2D eigenvalue weighted by molar-refractivity contribution is 5.82. The second-order valence-corrected chi connectivity index (χ2v) is 7.24. The number of carbonyl (C=O) groups is 2. The summed E-state index contributed by atoms with van der Waals surface area (Å²) in [7, 11) is 0. The normalized spacial score (nSPS) is 20.5. The van der Waals surface area contributed by atoms with Crippen molar-refractivity contribution in [2.45, 2.75) is 25.7 Å². The summed E-state index contributed by atoms with van der Waals surface area (Å²) in [5.74, 6) is -0.808. The van der Waals surface area contributed by atoms with E-state index in [0.29, 0.717) is 26.1 Å². The van der Waals surface area contributed by atoms with E-state index in [9.17, 15) is 14.0 Å². The molecule has 2 saturated heterocycles. The zero-order valence-electron chi connectivity index (χ0n) is 15.7. The predicted molar refractivity (Wildman–Crippen MR) is 99.9 cm³/mol. The first-order valence-corrected chi connectivity index (χ1v) is 9.78. The summed E-state index contributed by atoms with van der Waals surface area (Å²) < 4.78 is 18.8. The fourth-order valence-corrected chi connectivity index (χ4v) is 3.66. The number of carbonyl (C=O) groups excluding carboxylic acids is 2. The van der Waals surface area contributed by atoms with Crippen LogP contribution >= 0.6 is 0 Å². The maximum Gasteiger partial charge on any atom is 0.260 e. The van der Waals surface area contributed by atoms with Gasteiger partial charge in [-0.15, -0.1) is 0 Å². The fraction of sp³-hybridized carbons (Fsp3) is 0.600. The van der Waals surface area contributed by atoms with Crippen LogP contribution in [0.2, 0.25) is 0 Å². The van der Waals surface area contributed by atoms with Gasteiger partial charge in [0, 0.05) is 26.2 Å². The Bertz CT molecular complexity index is 649. The number of nitrogens with zero attached hydrogens (tertiary/aromatic N) is 2. The highest BCUT2D eigenvalue weighted by atomic mass is 19.1. The van der Waals surface area contributed by atoms with Crippen LogP contribution in [0.15, 0.2) is 24.3 Å². The first-order chi connectivity index (χ1) is 13.1. The molecule has 148 valence electrons. The zero-order chi connectivity index (χ0) is 19.1. The molecule has 0 radical (unpaired) electrons. The van der Waals surface area contributed by atoms with Crippen LogP contribution in [0.1, 0.15) is 25.7 Å². The molecule has 2 heterocycles. The molecular weight excluding hydrogens is 349 g/mol. The molecule has 0 unspecified atom stereocenters. The molecule has 2 fully saturated rings. The summed E-state index contributed by atoms with van der Waals surface area (Å²) in [6.45, 7) is 4.48. The number of hydrogen-bond donors (Lipinski definition) is 1. The Morgan fingerprint density at radius 2 is 1.93 bits per heavy atom. The van der Waals surface area contributed by atoms with E-state index in [-0.39, 0.29) is 30.1 Å². The molecule has 0 bridgehead atoms. The first kappa shape index (κ1) is 19.6. The van der Waals surface area contributed by atoms with Crippen molar-refractivity contribution < 1.29 is 18.7 Å². The van der Waals surface area contributed by atoms with E-state index in [0.717, 1.165) is 19.6 Å². The largest absolute Gasteiger partial charge is 0.481 e. The molecule has 1 aromatic carbocycles. The van der Waals surface area contributed by atoms with Gasteiger partial charge in [0.05, 0.1) is 5.92 Å². The SMILES string of the molecule is O=C(NCCN1CCCCC1)[C@H]1CCN(C(=O)COc2ccccc2F)C1. The van der Waals surface area contributed by atoms with E-state index in [1.165, 1.54) is 31.4 Å². The van der Waals surface area contributed by atoms with Crippen molar-refractivity contribution in [1.29, 1.82) is 0 Å². The number of benzene rings is 1. The van der Waals surface area contributed by atoms with Crippen LogP contribution in [-0.4, -0.2) is 67.5 Å². The van der Waals surface area contributed by atoms with E-state index >= 15 is 0 Å². The summed E-state index contributed by atoms with van der Waals surface area (Å²) in [4.78, 5) is 28.6. The molecule has 2 aliphatic heterocycles. The third kappa shape index (κ3) is 5.66. The van der Waals surface area contributed by atoms with Gasteiger partial charge in [0.15, 0.2) is 18.2 Å². The number of rotatable bonds is 7. The van der Waals surface area contributed by atoms with Crippen molar-refractivity contribution in [2.75, 3.05) is 45.9 Å². The zero-order valence-corrected chi connectivity index (χ0v) is 15.7. The van der Waals surface area contributed by atoms with Gasteiger partial charge in [-0.2, -0.15) is 0 Å². The van der Waals surface area contributed by atoms with Gasteiger partial charge < -0.3 is 19.9 Å². The predicted octanol–water partition coefficient (Wildman–Crippen LogP) is 1.66. The molecule has 1 N–H and O–H groups in total. The number of nitrogens with one attached hydrogen (secondary N) is 1. The summed E-state index contributed by atoms with van der Waals surface area (Å²) in [6.07, 6.45) is 4.43. The van der Waals surface area contributed by atoms with Gasteiger partial charge in [-0.25, -0.2) is 4.39 Å². The second-order valence-electron chi connectivity index (χ2n) is 7.24. The molecule has 2 aliphatic rings. The monoisotopic (exact) mass is 377 g/mol. The molecule has 0 spiro atoms. The topological polar surface area (TPSA) is 61.9 Å². The van der Waals surface area contributed by atoms with Crippen molar-refractivity contribution in [2.24, 2.45) is 5.92 Å². The Kier molecular flexibility index (Phi) is 7.04. The highest BCUT2D eigenvalue weighted by Crippen LogP contribution is 2.18. The van der Waals surface area contributed by atoms with Gasteiger partial charge in [-0.3, -0.25) is 9.59 Å². The Labute approximate surface area is 159 Å². The molecule has 2 amide bonds. The Hall–Kier alpha value is -2.15. The summed E-state index contributed by atoms with van der Waals surface area (Å²) in [5, 5.41) is 3.00. The van der Waals surface area contributed by atoms with E-state index in [4.69, 9.17) is 4.74 Å². The maximum atomic E-state index is 13.5. The molecule has 6 nitrogen and oxygen atoms in total. The lowest BCUT2D eigenvalue weighted by molar-refractivity contribution is -0.132. The highest BCUT2D eigenvalue weighted by Gasteiger charge is 2.31. The average molecular weight is 377 g/mol. The summed E-state index contributed by atoms with van der Waals surface area (Å²) in [5.41, 5.74) is 0. The third-order valence-electron chi connectivity index (χ3n) is 5.28. The average Bonchev–Trinajstić information content (AvgIpc) is 3.18. The van der Waals surface area contributed by atoms with Crippen molar-refractivity contribution in [3.8, 4) is 5.75 Å². The van der Waals surface area contributed by atoms with Gasteiger partial charge in [0.25, 0.3) is 5.91 Å². The summed E-state index contributed by atoms with van der Waals surface area (Å²) in [6, 6.07) is 6.01. The second kappa shape index (κ2) is 9.69. The van der Waals surface area contributed by atoms with Crippen LogP contribution in [0, 0.1) is 11.7 Å². The molecule has 1 aromatic rings. The summed E-state index contributed by atoms with van der Waals surface area (Å²) >= 11 is 0. The number of halogens is 1. The Morgan fingerprint density at radius 3 is 2.70 bits per heavy atom. The molecule has 27 heavy (non-hydrogen) atoms. The van der Waals surface area contributed by atoms with Gasteiger partial charge >= 0.3 is 0 Å². The van der Waals surface area contributed by atoms with Crippen molar-refractivity contribution in [3.05, 3.63) is 30.1 Å². The molecule has 1 atom stereocenters. The van der Waals surface area contributed by atoms with Gasteiger partial charge in [-0.05, 0) is 44.5 Å². The van der Waals surface area contributed by atoms with Gasteiger partial charge in [0.2, 0.25) is 5.91 Å². The molecular formula is C20H28FN3O3. The number of hydrogen-bond acceptors (Lipinski definition) is 4. The van der Waals surface area contributed by atoms with E-state index in [2.05, 4.69) is 10.2 Å². The maximum absolute atomic E-state index is 13.5. The number of likely N-dealkylation sites (tertiary alicyclic amines) is 2. The molecule has 0 aliphatic carbocycles. The van der Waals surface area contributed by atoms with Crippen LogP contribution in [-0.2, 0) is 9.59 Å². The van der Waals surface area contributed by atoms with E-state index in [1.807, 2.05) is 0 Å². The van der Waals surface area contributed by atoms with Crippen molar-refractivity contribution in [1.82, 2.24) is 15.1 Å².